The van der Waals surface area contributed by atoms with E-state index in [-0.39, 0.29) is 31.5 Å². The molecule has 3 N–H and O–H groups in total. The molecule has 14 nitrogen and oxygen atoms in total. The number of cyclic esters (lactones) is 1. The van der Waals surface area contributed by atoms with Gasteiger partial charge in [-0.25, -0.2) is 17.9 Å². The second-order valence-corrected chi connectivity index (χ2v) is 15.4. The number of amides is 4. The summed E-state index contributed by atoms with van der Waals surface area (Å²) in [5.74, 6) is -2.00. The minimum atomic E-state index is -3.81. The molecule has 0 aromatic carbocycles. The summed E-state index contributed by atoms with van der Waals surface area (Å²) in [5, 5.41) is 13.6. The van der Waals surface area contributed by atoms with Crippen molar-refractivity contribution in [1.82, 2.24) is 35.2 Å². The lowest BCUT2D eigenvalue weighted by molar-refractivity contribution is -0.142. The van der Waals surface area contributed by atoms with Crippen LogP contribution in [0.1, 0.15) is 90.8 Å². The van der Waals surface area contributed by atoms with Gasteiger partial charge in [0.2, 0.25) is 21.8 Å². The normalized spacial score (nSPS) is 30.3. The predicted octanol–water partition coefficient (Wildman–Crippen LogP) is 1.18. The summed E-state index contributed by atoms with van der Waals surface area (Å²) in [6.07, 6.45) is 6.24. The van der Waals surface area contributed by atoms with E-state index in [1.165, 1.54) is 4.90 Å². The van der Waals surface area contributed by atoms with Crippen molar-refractivity contribution in [2.45, 2.75) is 114 Å². The van der Waals surface area contributed by atoms with Crippen LogP contribution in [0.5, 0.6) is 0 Å². The van der Waals surface area contributed by atoms with E-state index in [2.05, 4.69) is 25.7 Å². The number of fused-ring (bicyclic) bond motifs is 5. The zero-order chi connectivity index (χ0) is 31.2. The molecule has 2 saturated carbocycles. The van der Waals surface area contributed by atoms with E-state index in [4.69, 9.17) is 4.74 Å². The molecule has 1 aromatic heterocycles. The molecule has 15 heteroatoms. The van der Waals surface area contributed by atoms with Crippen LogP contribution < -0.4 is 15.4 Å². The third kappa shape index (κ3) is 6.65. The Morgan fingerprint density at radius 2 is 1.93 bits per heavy atom. The van der Waals surface area contributed by atoms with Gasteiger partial charge in [-0.3, -0.25) is 19.1 Å². The molecule has 1 aromatic rings. The van der Waals surface area contributed by atoms with Crippen molar-refractivity contribution < 1.29 is 32.3 Å². The van der Waals surface area contributed by atoms with Gasteiger partial charge in [-0.05, 0) is 56.3 Å². The van der Waals surface area contributed by atoms with Crippen LogP contribution in [-0.2, 0) is 35.6 Å². The van der Waals surface area contributed by atoms with Gasteiger partial charge in [0, 0.05) is 19.2 Å². The third-order valence-electron chi connectivity index (χ3n) is 9.03. The number of carbonyl (C=O) groups excluding carboxylic acids is 4. The van der Waals surface area contributed by atoms with Crippen molar-refractivity contribution in [2.24, 2.45) is 11.3 Å². The zero-order valence-electron chi connectivity index (χ0n) is 25.3. The van der Waals surface area contributed by atoms with E-state index < -0.39 is 62.1 Å². The van der Waals surface area contributed by atoms with Crippen molar-refractivity contribution >= 4 is 33.8 Å². The molecule has 238 valence electrons. The topological polar surface area (TPSA) is 182 Å². The molecule has 5 rings (SSSR count). The Morgan fingerprint density at radius 1 is 1.19 bits per heavy atom. The van der Waals surface area contributed by atoms with Gasteiger partial charge >= 0.3 is 6.09 Å². The van der Waals surface area contributed by atoms with Crippen molar-refractivity contribution in [3.05, 3.63) is 11.9 Å². The molecule has 2 aliphatic carbocycles. The Labute approximate surface area is 252 Å². The van der Waals surface area contributed by atoms with Gasteiger partial charge in [0.05, 0.1) is 23.6 Å². The highest BCUT2D eigenvalue weighted by Crippen LogP contribution is 2.47. The summed E-state index contributed by atoms with van der Waals surface area (Å²) < 4.78 is 34.3. The number of aromatic nitrogens is 3. The largest absolute Gasteiger partial charge is 0.450 e. The highest BCUT2D eigenvalue weighted by atomic mass is 32.2. The molecule has 1 saturated heterocycles. The average molecular weight is 622 g/mol. The van der Waals surface area contributed by atoms with E-state index in [9.17, 15) is 27.6 Å². The zero-order valence-corrected chi connectivity index (χ0v) is 26.1. The average Bonchev–Trinajstić information content (AvgIpc) is 3.81. The van der Waals surface area contributed by atoms with E-state index in [0.717, 1.165) is 18.5 Å². The molecule has 3 fully saturated rings. The molecule has 1 unspecified atom stereocenters. The third-order valence-corrected chi connectivity index (χ3v) is 10.8. The summed E-state index contributed by atoms with van der Waals surface area (Å²) in [4.78, 5) is 55.6. The van der Waals surface area contributed by atoms with Crippen LogP contribution >= 0.6 is 0 Å². The van der Waals surface area contributed by atoms with Gasteiger partial charge in [0.1, 0.15) is 17.6 Å². The number of hydrogen-bond donors (Lipinski definition) is 3. The van der Waals surface area contributed by atoms with E-state index in [0.29, 0.717) is 38.5 Å². The number of nitrogens with zero attached hydrogens (tertiary/aromatic N) is 4. The SMILES string of the molecule is CC[C@H]1C[C@]1(NC(=O)[C@@H]1CC2CN1C(=O)[C@H](C(C)(C)C)NC(=O)OCCCCCc1cn2nn1)C(=O)NS(=O)(=O)C1CC1. The molecule has 43 heavy (non-hydrogen) atoms. The van der Waals surface area contributed by atoms with E-state index >= 15 is 0 Å². The lowest BCUT2D eigenvalue weighted by Crippen LogP contribution is -2.60. The fourth-order valence-corrected chi connectivity index (χ4v) is 7.49. The molecular weight excluding hydrogens is 578 g/mol. The second-order valence-electron chi connectivity index (χ2n) is 13.4. The van der Waals surface area contributed by atoms with Crippen LogP contribution in [0.25, 0.3) is 0 Å². The fraction of sp³-hybridized carbons (Fsp3) is 0.786. The molecule has 4 aliphatic rings. The van der Waals surface area contributed by atoms with Crippen LogP contribution in [0.3, 0.4) is 0 Å². The number of alkyl carbamates (subject to hydrolysis) is 1. The van der Waals surface area contributed by atoms with Gasteiger partial charge in [-0.15, -0.1) is 5.10 Å². The van der Waals surface area contributed by atoms with Crippen molar-refractivity contribution in [3.63, 3.8) is 0 Å². The van der Waals surface area contributed by atoms with E-state index in [1.54, 1.807) is 4.68 Å². The number of hydrogen-bond acceptors (Lipinski definition) is 9. The molecule has 0 spiro atoms. The predicted molar refractivity (Wildman–Crippen MR) is 154 cm³/mol. The van der Waals surface area contributed by atoms with E-state index in [1.807, 2.05) is 33.9 Å². The highest BCUT2D eigenvalue weighted by molar-refractivity contribution is 7.91. The van der Waals surface area contributed by atoms with Crippen LogP contribution in [-0.4, -0.2) is 88.2 Å². The van der Waals surface area contributed by atoms with Gasteiger partial charge in [0.15, 0.2) is 0 Å². The first-order valence-electron chi connectivity index (χ1n) is 15.3. The lowest BCUT2D eigenvalue weighted by atomic mass is 9.85. The monoisotopic (exact) mass is 621 g/mol. The summed E-state index contributed by atoms with van der Waals surface area (Å²) in [6.45, 7) is 7.67. The first kappa shape index (κ1) is 31.2. The van der Waals surface area contributed by atoms with Gasteiger partial charge in [-0.2, -0.15) is 0 Å². The first-order chi connectivity index (χ1) is 20.2. The maximum Gasteiger partial charge on any atom is 0.407 e. The number of rotatable bonds is 6. The van der Waals surface area contributed by atoms with Crippen molar-refractivity contribution in [3.8, 4) is 0 Å². The van der Waals surface area contributed by atoms with Crippen LogP contribution in [0, 0.1) is 11.3 Å². The molecule has 4 amide bonds. The Hall–Kier alpha value is -3.23. The number of nitrogens with one attached hydrogen (secondary N) is 3. The maximum atomic E-state index is 14.1. The van der Waals surface area contributed by atoms with Crippen molar-refractivity contribution in [1.29, 1.82) is 0 Å². The van der Waals surface area contributed by atoms with Crippen molar-refractivity contribution in [2.75, 3.05) is 13.2 Å². The van der Waals surface area contributed by atoms with Gasteiger partial charge < -0.3 is 20.3 Å². The number of sulfonamides is 1. The highest BCUT2D eigenvalue weighted by Gasteiger charge is 2.62. The van der Waals surface area contributed by atoms with Crippen LogP contribution in [0.4, 0.5) is 4.79 Å². The van der Waals surface area contributed by atoms with Crippen LogP contribution in [0.2, 0.25) is 0 Å². The summed E-state index contributed by atoms with van der Waals surface area (Å²) in [7, 11) is -3.81. The van der Waals surface area contributed by atoms with Crippen LogP contribution in [0.15, 0.2) is 6.20 Å². The first-order valence-corrected chi connectivity index (χ1v) is 16.8. The summed E-state index contributed by atoms with van der Waals surface area (Å²) in [5.41, 5.74) is -1.30. The minimum absolute atomic E-state index is 0.134. The number of aryl methyl sites for hydroxylation is 1. The summed E-state index contributed by atoms with van der Waals surface area (Å²) in [6, 6.07) is -2.37. The Kier molecular flexibility index (Phi) is 8.49. The molecule has 3 heterocycles. The molecule has 2 aliphatic heterocycles. The molecule has 0 radical (unpaired) electrons. The quantitative estimate of drug-likeness (QED) is 0.420. The Morgan fingerprint density at radius 3 is 2.58 bits per heavy atom. The molecule has 4 bridgehead atoms. The number of carbonyl (C=O) groups is 4. The Bertz CT molecular complexity index is 1370. The minimum Gasteiger partial charge on any atom is -0.450 e. The fourth-order valence-electron chi connectivity index (χ4n) is 6.12. The standard InChI is InChI=1S/C28H43N7O7S/c1-5-17-14-28(17,25(38)32-43(40,41)20-10-11-20)30-23(36)21-13-19-16-34(21)24(37)22(27(2,3)4)29-26(39)42-12-8-6-7-9-18-15-35(19)33-31-18/h15,17,19-22H,5-14,16H2,1-4H3,(H,29,39)(H,30,36)(H,32,38)/t17-,19?,21-,22+,28+/m0/s1. The summed E-state index contributed by atoms with van der Waals surface area (Å²) >= 11 is 0. The molecular formula is C28H43N7O7S. The Balaban J connectivity index is 1.43. The lowest BCUT2D eigenvalue weighted by Gasteiger charge is -2.35. The van der Waals surface area contributed by atoms with Gasteiger partial charge in [-0.1, -0.05) is 39.3 Å². The number of ether oxygens (including phenoxy) is 1. The smallest absolute Gasteiger partial charge is 0.407 e. The maximum absolute atomic E-state index is 14.1. The molecule has 5 atom stereocenters. The second kappa shape index (κ2) is 11.7. The van der Waals surface area contributed by atoms with Gasteiger partial charge in [0.25, 0.3) is 5.91 Å².